The summed E-state index contributed by atoms with van der Waals surface area (Å²) < 4.78 is 0. The smallest absolute Gasteiger partial charge is 0.0385 e. The van der Waals surface area contributed by atoms with E-state index in [4.69, 9.17) is 0 Å². The van der Waals surface area contributed by atoms with Crippen LogP contribution in [0.25, 0.3) is 0 Å². The first-order valence-corrected chi connectivity index (χ1v) is 5.36. The van der Waals surface area contributed by atoms with E-state index in [9.17, 15) is 0 Å². The van der Waals surface area contributed by atoms with E-state index < -0.39 is 0 Å². The molecule has 0 aliphatic rings. The zero-order chi connectivity index (χ0) is 11.6. The van der Waals surface area contributed by atoms with Crippen molar-refractivity contribution in [3.8, 4) is 0 Å². The minimum atomic E-state index is 0.0751. The maximum Gasteiger partial charge on any atom is 0.0385 e. The molecule has 14 heavy (non-hydrogen) atoms. The van der Waals surface area contributed by atoms with E-state index in [2.05, 4.69) is 60.0 Å². The van der Waals surface area contributed by atoms with Crippen LogP contribution in [-0.4, -0.2) is 5.71 Å². The van der Waals surface area contributed by atoms with Crippen LogP contribution >= 0.6 is 0 Å². The molecule has 0 radical (unpaired) electrons. The zero-order valence-electron chi connectivity index (χ0n) is 10.9. The van der Waals surface area contributed by atoms with Gasteiger partial charge in [0.15, 0.2) is 0 Å². The van der Waals surface area contributed by atoms with Gasteiger partial charge in [0.2, 0.25) is 0 Å². The quantitative estimate of drug-likeness (QED) is 0.577. The Hall–Kier alpha value is -0.590. The van der Waals surface area contributed by atoms with E-state index in [1.807, 2.05) is 0 Å². The predicted molar refractivity (Wildman–Crippen MR) is 65.8 cm³/mol. The van der Waals surface area contributed by atoms with Crippen molar-refractivity contribution in [3.63, 3.8) is 0 Å². The molecule has 0 saturated carbocycles. The third-order valence-corrected chi connectivity index (χ3v) is 2.34. The van der Waals surface area contributed by atoms with Crippen molar-refractivity contribution in [2.24, 2.45) is 15.8 Å². The fourth-order valence-electron chi connectivity index (χ4n) is 1.11. The SMILES string of the molecule is C=C(N=C(CC)C(C)(C)C)C(C)(C)C. The van der Waals surface area contributed by atoms with Crippen molar-refractivity contribution >= 4 is 5.71 Å². The molecule has 0 bridgehead atoms. The van der Waals surface area contributed by atoms with Crippen LogP contribution in [0.3, 0.4) is 0 Å². The van der Waals surface area contributed by atoms with Gasteiger partial charge in [-0.15, -0.1) is 0 Å². The number of hydrogen-bond acceptors (Lipinski definition) is 1. The summed E-state index contributed by atoms with van der Waals surface area (Å²) >= 11 is 0. The molecule has 0 aliphatic heterocycles. The average Bonchev–Trinajstić information content (AvgIpc) is 1.95. The molecule has 0 aromatic heterocycles. The Bertz CT molecular complexity index is 233. The molecule has 0 N–H and O–H groups in total. The molecular weight excluding hydrogens is 170 g/mol. The van der Waals surface area contributed by atoms with E-state index >= 15 is 0 Å². The number of nitrogens with zero attached hydrogens (tertiary/aromatic N) is 1. The molecule has 1 heteroatoms. The molecule has 0 unspecified atom stereocenters. The van der Waals surface area contributed by atoms with Crippen LogP contribution in [-0.2, 0) is 0 Å². The maximum absolute atomic E-state index is 4.66. The molecule has 0 aromatic rings. The lowest BCUT2D eigenvalue weighted by molar-refractivity contribution is 0.495. The van der Waals surface area contributed by atoms with Crippen molar-refractivity contribution in [1.29, 1.82) is 0 Å². The van der Waals surface area contributed by atoms with E-state index in [1.165, 1.54) is 5.71 Å². The Labute approximate surface area is 89.3 Å². The fourth-order valence-corrected chi connectivity index (χ4v) is 1.11. The molecule has 0 amide bonds. The number of hydrogen-bond donors (Lipinski definition) is 0. The van der Waals surface area contributed by atoms with Gasteiger partial charge in [0.05, 0.1) is 0 Å². The van der Waals surface area contributed by atoms with Gasteiger partial charge < -0.3 is 0 Å². The molecule has 0 aromatic carbocycles. The normalized spacial score (nSPS) is 14.4. The molecule has 0 heterocycles. The van der Waals surface area contributed by atoms with Crippen molar-refractivity contribution < 1.29 is 0 Å². The molecule has 1 nitrogen and oxygen atoms in total. The standard InChI is InChI=1S/C13H25N/c1-9-11(13(6,7)8)14-10(2)12(3,4)5/h2,9H2,1,3-8H3. The highest BCUT2D eigenvalue weighted by molar-refractivity contribution is 5.89. The van der Waals surface area contributed by atoms with Gasteiger partial charge in [0, 0.05) is 22.2 Å². The Morgan fingerprint density at radius 3 is 1.64 bits per heavy atom. The van der Waals surface area contributed by atoms with Crippen LogP contribution in [0.1, 0.15) is 54.9 Å². The Balaban J connectivity index is 4.89. The first kappa shape index (κ1) is 13.4. The highest BCUT2D eigenvalue weighted by atomic mass is 14.8. The molecule has 0 spiro atoms. The summed E-state index contributed by atoms with van der Waals surface area (Å²) in [5, 5.41) is 0. The third-order valence-electron chi connectivity index (χ3n) is 2.34. The van der Waals surface area contributed by atoms with Crippen LogP contribution in [0, 0.1) is 10.8 Å². The first-order chi connectivity index (χ1) is 6.09. The van der Waals surface area contributed by atoms with Gasteiger partial charge in [-0.3, -0.25) is 4.99 Å². The predicted octanol–water partition coefficient (Wildman–Crippen LogP) is 4.44. The van der Waals surface area contributed by atoms with Gasteiger partial charge in [-0.2, -0.15) is 0 Å². The minimum absolute atomic E-state index is 0.0751. The van der Waals surface area contributed by atoms with E-state index in [1.54, 1.807) is 0 Å². The molecule has 0 atom stereocenters. The highest BCUT2D eigenvalue weighted by Crippen LogP contribution is 2.27. The zero-order valence-corrected chi connectivity index (χ0v) is 10.9. The molecule has 0 fully saturated rings. The Kier molecular flexibility index (Phi) is 4.11. The molecule has 0 aliphatic carbocycles. The molecular formula is C13H25N. The lowest BCUT2D eigenvalue weighted by Gasteiger charge is -2.24. The Morgan fingerprint density at radius 1 is 1.00 bits per heavy atom. The van der Waals surface area contributed by atoms with Gasteiger partial charge in [0.25, 0.3) is 0 Å². The maximum atomic E-state index is 4.66. The second-order valence-corrected chi connectivity index (χ2v) is 5.86. The minimum Gasteiger partial charge on any atom is -0.262 e. The van der Waals surface area contributed by atoms with Crippen LogP contribution in [0.2, 0.25) is 0 Å². The van der Waals surface area contributed by atoms with Crippen molar-refractivity contribution in [2.75, 3.05) is 0 Å². The van der Waals surface area contributed by atoms with E-state index in [-0.39, 0.29) is 10.8 Å². The fraction of sp³-hybridized carbons (Fsp3) is 0.769. The van der Waals surface area contributed by atoms with Crippen LogP contribution < -0.4 is 0 Å². The molecule has 0 saturated heterocycles. The number of allylic oxidation sites excluding steroid dienone is 1. The van der Waals surface area contributed by atoms with Crippen molar-refractivity contribution in [3.05, 3.63) is 12.3 Å². The van der Waals surface area contributed by atoms with Crippen LogP contribution in [0.15, 0.2) is 17.3 Å². The first-order valence-electron chi connectivity index (χ1n) is 5.36. The lowest BCUT2D eigenvalue weighted by Crippen LogP contribution is -2.21. The summed E-state index contributed by atoms with van der Waals surface area (Å²) in [5.74, 6) is 0. The summed E-state index contributed by atoms with van der Waals surface area (Å²) in [7, 11) is 0. The summed E-state index contributed by atoms with van der Waals surface area (Å²) in [6.45, 7) is 19.2. The number of rotatable bonds is 2. The summed E-state index contributed by atoms with van der Waals surface area (Å²) in [4.78, 5) is 4.66. The van der Waals surface area contributed by atoms with Crippen molar-refractivity contribution in [1.82, 2.24) is 0 Å². The van der Waals surface area contributed by atoms with Gasteiger partial charge in [-0.05, 0) is 6.42 Å². The number of aliphatic imine (C=N–C) groups is 1. The third kappa shape index (κ3) is 4.08. The second kappa shape index (κ2) is 4.29. The summed E-state index contributed by atoms with van der Waals surface area (Å²) in [5.41, 5.74) is 2.44. The second-order valence-electron chi connectivity index (χ2n) is 5.86. The van der Waals surface area contributed by atoms with Gasteiger partial charge >= 0.3 is 0 Å². The van der Waals surface area contributed by atoms with E-state index in [0.717, 1.165) is 12.1 Å². The van der Waals surface area contributed by atoms with Crippen LogP contribution in [0.5, 0.6) is 0 Å². The van der Waals surface area contributed by atoms with Gasteiger partial charge in [0.1, 0.15) is 0 Å². The lowest BCUT2D eigenvalue weighted by atomic mass is 9.87. The Morgan fingerprint density at radius 2 is 1.43 bits per heavy atom. The summed E-state index contributed by atoms with van der Waals surface area (Å²) in [6.07, 6.45) is 0.999. The monoisotopic (exact) mass is 195 g/mol. The summed E-state index contributed by atoms with van der Waals surface area (Å²) in [6, 6.07) is 0. The average molecular weight is 195 g/mol. The topological polar surface area (TPSA) is 12.4 Å². The molecule has 82 valence electrons. The largest absolute Gasteiger partial charge is 0.262 e. The highest BCUT2D eigenvalue weighted by Gasteiger charge is 2.20. The van der Waals surface area contributed by atoms with Crippen molar-refractivity contribution in [2.45, 2.75) is 54.9 Å². The van der Waals surface area contributed by atoms with Gasteiger partial charge in [-0.1, -0.05) is 55.0 Å². The molecule has 0 rings (SSSR count). The van der Waals surface area contributed by atoms with Gasteiger partial charge in [-0.25, -0.2) is 0 Å². The van der Waals surface area contributed by atoms with E-state index in [0.29, 0.717) is 0 Å². The van der Waals surface area contributed by atoms with Crippen LogP contribution in [0.4, 0.5) is 0 Å².